The van der Waals surface area contributed by atoms with Crippen LogP contribution in [0.25, 0.3) is 0 Å². The highest BCUT2D eigenvalue weighted by molar-refractivity contribution is 5.81. The predicted octanol–water partition coefficient (Wildman–Crippen LogP) is 3.67. The topological polar surface area (TPSA) is 66.4 Å². The van der Waals surface area contributed by atoms with Gasteiger partial charge in [-0.25, -0.2) is 8.78 Å². The van der Waals surface area contributed by atoms with Gasteiger partial charge < -0.3 is 10.4 Å². The summed E-state index contributed by atoms with van der Waals surface area (Å²) < 4.78 is 27.3. The van der Waals surface area contributed by atoms with Crippen LogP contribution in [-0.2, 0) is 9.59 Å². The van der Waals surface area contributed by atoms with Crippen LogP contribution in [0.15, 0.2) is 18.2 Å². The number of carboxylic acids is 1. The standard InChI is InChI=1S/C18H23F2NO3/c1-18(2,3)15(13-7-6-12(19)9-14(13)20)21-16(22)10-4-5-11(8-10)17(23)24/h6-7,9-11,15H,4-5,8H2,1-3H3,(H,21,22)(H,23,24)/t10-,11+,15?/m1/s1. The maximum atomic E-state index is 14.2. The molecule has 1 amide bonds. The first-order valence-corrected chi connectivity index (χ1v) is 8.07. The predicted molar refractivity (Wildman–Crippen MR) is 85.2 cm³/mol. The zero-order chi connectivity index (χ0) is 18.1. The summed E-state index contributed by atoms with van der Waals surface area (Å²) in [6, 6.07) is 2.68. The van der Waals surface area contributed by atoms with Gasteiger partial charge in [-0.3, -0.25) is 9.59 Å². The van der Waals surface area contributed by atoms with Crippen molar-refractivity contribution >= 4 is 11.9 Å². The SMILES string of the molecule is CC(C)(C)C(NC(=O)[C@@H]1CC[C@H](C(=O)O)C1)c1ccc(F)cc1F. The van der Waals surface area contributed by atoms with E-state index in [1.807, 2.05) is 20.8 Å². The number of nitrogens with one attached hydrogen (secondary N) is 1. The summed E-state index contributed by atoms with van der Waals surface area (Å²) in [5.41, 5.74) is -0.260. The molecule has 1 aliphatic carbocycles. The van der Waals surface area contributed by atoms with Crippen LogP contribution >= 0.6 is 0 Å². The Labute approximate surface area is 140 Å². The van der Waals surface area contributed by atoms with Crippen molar-refractivity contribution in [2.75, 3.05) is 0 Å². The van der Waals surface area contributed by atoms with Gasteiger partial charge in [0.25, 0.3) is 0 Å². The second kappa shape index (κ2) is 6.87. The quantitative estimate of drug-likeness (QED) is 0.879. The highest BCUT2D eigenvalue weighted by atomic mass is 19.1. The molecule has 1 saturated carbocycles. The molecule has 132 valence electrons. The molecule has 24 heavy (non-hydrogen) atoms. The van der Waals surface area contributed by atoms with Crippen molar-refractivity contribution in [3.05, 3.63) is 35.4 Å². The highest BCUT2D eigenvalue weighted by Gasteiger charge is 2.37. The molecule has 0 aliphatic heterocycles. The van der Waals surface area contributed by atoms with Crippen LogP contribution in [-0.4, -0.2) is 17.0 Å². The molecule has 0 spiro atoms. The van der Waals surface area contributed by atoms with Gasteiger partial charge in [0, 0.05) is 17.5 Å². The molecule has 1 aromatic rings. The highest BCUT2D eigenvalue weighted by Crippen LogP contribution is 2.36. The minimum atomic E-state index is -0.887. The fourth-order valence-electron chi connectivity index (χ4n) is 3.20. The fourth-order valence-corrected chi connectivity index (χ4v) is 3.20. The van der Waals surface area contributed by atoms with Crippen LogP contribution < -0.4 is 5.32 Å². The molecule has 0 radical (unpaired) electrons. The van der Waals surface area contributed by atoms with Gasteiger partial charge in [0.2, 0.25) is 5.91 Å². The molecule has 4 nitrogen and oxygen atoms in total. The maximum absolute atomic E-state index is 14.2. The normalized spacial score (nSPS) is 22.2. The third kappa shape index (κ3) is 4.10. The first-order chi connectivity index (χ1) is 11.1. The van der Waals surface area contributed by atoms with Crippen LogP contribution in [0.5, 0.6) is 0 Å². The molecule has 2 N–H and O–H groups in total. The Morgan fingerprint density at radius 3 is 2.33 bits per heavy atom. The molecule has 1 unspecified atom stereocenters. The van der Waals surface area contributed by atoms with E-state index in [4.69, 9.17) is 5.11 Å². The van der Waals surface area contributed by atoms with Crippen molar-refractivity contribution in [1.82, 2.24) is 5.32 Å². The number of amides is 1. The fraction of sp³-hybridized carbons (Fsp3) is 0.556. The molecule has 0 heterocycles. The van der Waals surface area contributed by atoms with Gasteiger partial charge in [-0.1, -0.05) is 26.8 Å². The van der Waals surface area contributed by atoms with Crippen molar-refractivity contribution in [3.8, 4) is 0 Å². The van der Waals surface area contributed by atoms with Gasteiger partial charge in [-0.05, 0) is 30.7 Å². The smallest absolute Gasteiger partial charge is 0.306 e. The number of carbonyl (C=O) groups excluding carboxylic acids is 1. The number of hydrogen-bond donors (Lipinski definition) is 2. The lowest BCUT2D eigenvalue weighted by Crippen LogP contribution is -2.40. The van der Waals surface area contributed by atoms with E-state index in [-0.39, 0.29) is 17.4 Å². The van der Waals surface area contributed by atoms with Gasteiger partial charge in [0.1, 0.15) is 11.6 Å². The van der Waals surface area contributed by atoms with Crippen LogP contribution in [0.4, 0.5) is 8.78 Å². The summed E-state index contributed by atoms with van der Waals surface area (Å²) in [4.78, 5) is 23.6. The van der Waals surface area contributed by atoms with Crippen molar-refractivity contribution in [2.45, 2.75) is 46.1 Å². The van der Waals surface area contributed by atoms with Crippen LogP contribution in [0.3, 0.4) is 0 Å². The Bertz CT molecular complexity index is 640. The van der Waals surface area contributed by atoms with E-state index in [2.05, 4.69) is 5.32 Å². The lowest BCUT2D eigenvalue weighted by atomic mass is 9.81. The van der Waals surface area contributed by atoms with Crippen molar-refractivity contribution in [2.24, 2.45) is 17.3 Å². The molecular weight excluding hydrogens is 316 g/mol. The summed E-state index contributed by atoms with van der Waals surface area (Å²) in [5.74, 6) is -3.43. The molecule has 2 rings (SSSR count). The summed E-state index contributed by atoms with van der Waals surface area (Å²) >= 11 is 0. The summed E-state index contributed by atoms with van der Waals surface area (Å²) in [7, 11) is 0. The Balaban J connectivity index is 2.18. The Hall–Kier alpha value is -1.98. The monoisotopic (exact) mass is 339 g/mol. The molecule has 0 saturated heterocycles. The Morgan fingerprint density at radius 1 is 1.21 bits per heavy atom. The minimum Gasteiger partial charge on any atom is -0.481 e. The van der Waals surface area contributed by atoms with E-state index < -0.39 is 35.0 Å². The van der Waals surface area contributed by atoms with Gasteiger partial charge >= 0.3 is 5.97 Å². The van der Waals surface area contributed by atoms with E-state index in [1.54, 1.807) is 0 Å². The van der Waals surface area contributed by atoms with Crippen LogP contribution in [0, 0.1) is 28.9 Å². The van der Waals surface area contributed by atoms with E-state index in [0.29, 0.717) is 19.3 Å². The molecule has 0 bridgehead atoms. The third-order valence-corrected chi connectivity index (χ3v) is 4.58. The Morgan fingerprint density at radius 2 is 1.83 bits per heavy atom. The zero-order valence-corrected chi connectivity index (χ0v) is 14.1. The third-order valence-electron chi connectivity index (χ3n) is 4.58. The minimum absolute atomic E-state index is 0.227. The van der Waals surface area contributed by atoms with E-state index in [9.17, 15) is 18.4 Å². The van der Waals surface area contributed by atoms with E-state index in [1.165, 1.54) is 12.1 Å². The van der Waals surface area contributed by atoms with Crippen molar-refractivity contribution in [1.29, 1.82) is 0 Å². The summed E-state index contributed by atoms with van der Waals surface area (Å²) in [5, 5.41) is 11.9. The molecule has 1 aliphatic rings. The average molecular weight is 339 g/mol. The number of carbonyl (C=O) groups is 2. The van der Waals surface area contributed by atoms with Gasteiger partial charge in [-0.15, -0.1) is 0 Å². The number of benzene rings is 1. The first kappa shape index (κ1) is 18.4. The number of rotatable bonds is 4. The van der Waals surface area contributed by atoms with Gasteiger partial charge in [-0.2, -0.15) is 0 Å². The second-order valence-corrected chi connectivity index (χ2v) is 7.52. The van der Waals surface area contributed by atoms with Crippen molar-refractivity contribution < 1.29 is 23.5 Å². The first-order valence-electron chi connectivity index (χ1n) is 8.07. The number of aliphatic carboxylic acids is 1. The summed E-state index contributed by atoms with van der Waals surface area (Å²) in [6.45, 7) is 5.57. The van der Waals surface area contributed by atoms with Crippen molar-refractivity contribution in [3.63, 3.8) is 0 Å². The molecule has 1 aromatic carbocycles. The Kier molecular flexibility index (Phi) is 5.26. The second-order valence-electron chi connectivity index (χ2n) is 7.52. The molecule has 0 aromatic heterocycles. The van der Waals surface area contributed by atoms with E-state index >= 15 is 0 Å². The number of halogens is 2. The van der Waals surface area contributed by atoms with Gasteiger partial charge in [0.15, 0.2) is 0 Å². The van der Waals surface area contributed by atoms with Crippen LogP contribution in [0.1, 0.15) is 51.6 Å². The average Bonchev–Trinajstić information content (AvgIpc) is 2.94. The number of hydrogen-bond acceptors (Lipinski definition) is 2. The lowest BCUT2D eigenvalue weighted by Gasteiger charge is -2.33. The molecular formula is C18H23F2NO3. The zero-order valence-electron chi connectivity index (χ0n) is 14.1. The van der Waals surface area contributed by atoms with Crippen LogP contribution in [0.2, 0.25) is 0 Å². The molecule has 6 heteroatoms. The molecule has 1 fully saturated rings. The van der Waals surface area contributed by atoms with E-state index in [0.717, 1.165) is 6.07 Å². The maximum Gasteiger partial charge on any atom is 0.306 e. The number of carboxylic acid groups (broad SMARTS) is 1. The lowest BCUT2D eigenvalue weighted by molar-refractivity contribution is -0.141. The molecule has 3 atom stereocenters. The van der Waals surface area contributed by atoms with Gasteiger partial charge in [0.05, 0.1) is 12.0 Å². The summed E-state index contributed by atoms with van der Waals surface area (Å²) in [6.07, 6.45) is 1.27. The largest absolute Gasteiger partial charge is 0.481 e.